The van der Waals surface area contributed by atoms with Gasteiger partial charge in [-0.1, -0.05) is 102 Å². The number of carbonyl (C=O) groups excluding carboxylic acids is 2. The number of carbonyl (C=O) groups is 2. The van der Waals surface area contributed by atoms with Gasteiger partial charge in [0.05, 0.1) is 36.6 Å². The maximum Gasteiger partial charge on any atom is 0.338 e. The smallest absolute Gasteiger partial charge is 0.338 e. The van der Waals surface area contributed by atoms with Crippen molar-refractivity contribution in [2.75, 3.05) is 48.6 Å². The van der Waals surface area contributed by atoms with Gasteiger partial charge in [0.15, 0.2) is 0 Å². The monoisotopic (exact) mass is 812 g/mol. The number of unbranched alkanes of at least 4 members (excludes halogenated alkanes) is 12. The fourth-order valence-corrected chi connectivity index (χ4v) is 14.4. The third-order valence-corrected chi connectivity index (χ3v) is 16.3. The third-order valence-electron chi connectivity index (χ3n) is 16.3. The second-order valence-corrected chi connectivity index (χ2v) is 19.1. The van der Waals surface area contributed by atoms with Crippen LogP contribution >= 0.6 is 0 Å². The Kier molecular flexibility index (Phi) is 13.7. The summed E-state index contributed by atoms with van der Waals surface area (Å²) in [5, 5.41) is 25.2. The van der Waals surface area contributed by atoms with Crippen LogP contribution in [0.1, 0.15) is 126 Å². The molecule has 0 aromatic heterocycles. The molecule has 11 heteroatoms. The van der Waals surface area contributed by atoms with E-state index in [1.165, 1.54) is 64.2 Å². The van der Waals surface area contributed by atoms with E-state index in [1.807, 2.05) is 6.07 Å². The number of aliphatic hydroxyl groups is 2. The average Bonchev–Trinajstić information content (AvgIpc) is 3.61. The Morgan fingerprint density at radius 1 is 0.810 bits per heavy atom. The molecule has 7 bridgehead atoms. The van der Waals surface area contributed by atoms with Crippen molar-refractivity contribution in [3.05, 3.63) is 35.9 Å². The van der Waals surface area contributed by atoms with Crippen molar-refractivity contribution >= 4 is 11.9 Å². The summed E-state index contributed by atoms with van der Waals surface area (Å²) in [7, 11) is 8.78. The van der Waals surface area contributed by atoms with Gasteiger partial charge in [0.25, 0.3) is 0 Å². The molecule has 5 aliphatic carbocycles. The predicted octanol–water partition coefficient (Wildman–Crippen LogP) is 6.75. The van der Waals surface area contributed by atoms with Crippen LogP contribution in [-0.2, 0) is 33.2 Å². The van der Waals surface area contributed by atoms with Gasteiger partial charge in [-0.25, -0.2) is 4.79 Å². The molecule has 2 N–H and O–H groups in total. The number of benzene rings is 1. The Morgan fingerprint density at radius 2 is 1.43 bits per heavy atom. The lowest BCUT2D eigenvalue weighted by Gasteiger charge is -2.69. The number of fused-ring (bicyclic) bond motifs is 2. The lowest BCUT2D eigenvalue weighted by molar-refractivity contribution is -0.298. The summed E-state index contributed by atoms with van der Waals surface area (Å²) in [6.45, 7) is 3.13. The molecule has 6 fully saturated rings. The molecule has 58 heavy (non-hydrogen) atoms. The number of hydrogen-bond acceptors (Lipinski definition) is 11. The molecule has 1 unspecified atom stereocenters. The first-order valence-electron chi connectivity index (χ1n) is 22.7. The molecule has 0 amide bonds. The van der Waals surface area contributed by atoms with Crippen molar-refractivity contribution in [3.8, 4) is 0 Å². The van der Waals surface area contributed by atoms with Gasteiger partial charge in [0, 0.05) is 88.9 Å². The van der Waals surface area contributed by atoms with Gasteiger partial charge in [0.2, 0.25) is 0 Å². The fraction of sp³-hybridized carbons (Fsp3) is 0.830. The summed E-state index contributed by atoms with van der Waals surface area (Å²) in [6.07, 6.45) is 13.5. The van der Waals surface area contributed by atoms with Crippen molar-refractivity contribution in [1.82, 2.24) is 4.90 Å². The largest absolute Gasteiger partial charge is 0.458 e. The maximum atomic E-state index is 14.4. The highest BCUT2D eigenvalue weighted by Gasteiger charge is 2.90. The Bertz CT molecular complexity index is 1550. The SMILES string of the molecule is CCCCCCCCCCCCCCCC(=O)O[C@]12C[C@H](OC)[C@]3(O)C[C@H]([C@@H]1[C@H]3OC(=O)c1ccccc1)[C@@]13C(OC)C[C@@H](O)[C@@]4(COC)CN(C)[C@@H]1[C@@H]2[C@H](OC)[C@H]43. The first-order valence-corrected chi connectivity index (χ1v) is 22.7. The quantitative estimate of drug-likeness (QED) is 0.0953. The van der Waals surface area contributed by atoms with Crippen LogP contribution in [-0.4, -0.2) is 123 Å². The normalized spacial score (nSPS) is 40.8. The van der Waals surface area contributed by atoms with Crippen LogP contribution in [0.5, 0.6) is 0 Å². The van der Waals surface area contributed by atoms with Gasteiger partial charge >= 0.3 is 11.9 Å². The Labute approximate surface area is 347 Å². The average molecular weight is 812 g/mol. The number of nitrogens with zero attached hydrogens (tertiary/aromatic N) is 1. The number of esters is 2. The van der Waals surface area contributed by atoms with Gasteiger partial charge in [0.1, 0.15) is 17.3 Å². The van der Waals surface area contributed by atoms with Crippen LogP contribution in [0.4, 0.5) is 0 Å². The van der Waals surface area contributed by atoms with E-state index in [0.29, 0.717) is 25.1 Å². The standard InChI is InChI=1S/C47H73NO10/c1-7-8-9-10-11-12-13-14-15-16-17-18-22-25-36(50)58-46-28-35(55-5)45(52)27-32(37(46)42(45)57-43(51)31-23-20-19-21-24-31)47-34(54-4)26-33(49)44(30-53-3)29-48(2)41(47)38(46)39(56-6)40(44)47/h19-21,23-24,32-35,37-42,49,52H,7-18,22,25-30H2,1-6H3/t32-,33-,34?,35+,37-,38+,39+,40-,41-,42-,44+,45-,46-,47+/m1/s1. The topological polar surface area (TPSA) is 133 Å². The molecule has 0 radical (unpaired) electrons. The van der Waals surface area contributed by atoms with Crippen LogP contribution in [0.25, 0.3) is 0 Å². The minimum Gasteiger partial charge on any atom is -0.458 e. The highest BCUT2D eigenvalue weighted by Crippen LogP contribution is 2.80. The highest BCUT2D eigenvalue weighted by atomic mass is 16.6. The van der Waals surface area contributed by atoms with Crippen molar-refractivity contribution in [2.45, 2.75) is 164 Å². The zero-order valence-corrected chi connectivity index (χ0v) is 36.2. The van der Waals surface area contributed by atoms with Crippen LogP contribution in [0.15, 0.2) is 30.3 Å². The van der Waals surface area contributed by atoms with E-state index < -0.39 is 70.4 Å². The molecule has 1 saturated heterocycles. The second-order valence-electron chi connectivity index (χ2n) is 19.1. The van der Waals surface area contributed by atoms with Crippen LogP contribution < -0.4 is 0 Å². The fourth-order valence-electron chi connectivity index (χ4n) is 14.4. The van der Waals surface area contributed by atoms with Gasteiger partial charge in [-0.15, -0.1) is 0 Å². The van der Waals surface area contributed by atoms with Crippen LogP contribution in [0, 0.1) is 34.5 Å². The van der Waals surface area contributed by atoms with Crippen molar-refractivity contribution in [2.24, 2.45) is 34.5 Å². The zero-order chi connectivity index (χ0) is 41.3. The number of likely N-dealkylation sites (tertiary alicyclic amines) is 1. The molecule has 1 spiro atoms. The molecule has 1 aromatic carbocycles. The number of ether oxygens (including phenoxy) is 6. The number of hydrogen-bond donors (Lipinski definition) is 2. The van der Waals surface area contributed by atoms with Gasteiger partial charge in [-0.05, 0) is 37.9 Å². The lowest BCUT2D eigenvalue weighted by Crippen LogP contribution is -2.78. The molecular weight excluding hydrogens is 739 g/mol. The van der Waals surface area contributed by atoms with E-state index in [4.69, 9.17) is 28.4 Å². The molecule has 6 aliphatic rings. The van der Waals surface area contributed by atoms with Crippen molar-refractivity contribution in [1.29, 1.82) is 0 Å². The predicted molar refractivity (Wildman–Crippen MR) is 219 cm³/mol. The summed E-state index contributed by atoms with van der Waals surface area (Å²) < 4.78 is 38.9. The van der Waals surface area contributed by atoms with Crippen LogP contribution in [0.3, 0.4) is 0 Å². The van der Waals surface area contributed by atoms with E-state index >= 15 is 0 Å². The molecule has 1 aromatic rings. The Balaban J connectivity index is 1.19. The Morgan fingerprint density at radius 3 is 2.02 bits per heavy atom. The third kappa shape index (κ3) is 6.98. The first kappa shape index (κ1) is 44.0. The van der Waals surface area contributed by atoms with E-state index in [0.717, 1.165) is 19.3 Å². The second kappa shape index (κ2) is 18.1. The molecule has 11 nitrogen and oxygen atoms in total. The zero-order valence-electron chi connectivity index (χ0n) is 36.2. The summed E-state index contributed by atoms with van der Waals surface area (Å²) >= 11 is 0. The van der Waals surface area contributed by atoms with E-state index in [-0.39, 0.29) is 43.1 Å². The summed E-state index contributed by atoms with van der Waals surface area (Å²) in [6, 6.07) is 8.66. The molecular formula is C47H73NO10. The number of aliphatic hydroxyl groups excluding tert-OH is 1. The van der Waals surface area contributed by atoms with E-state index in [9.17, 15) is 19.8 Å². The summed E-state index contributed by atoms with van der Waals surface area (Å²) in [5.41, 5.74) is -3.78. The number of methoxy groups -OCH3 is 4. The van der Waals surface area contributed by atoms with Crippen molar-refractivity contribution in [3.63, 3.8) is 0 Å². The Hall–Kier alpha value is -2.12. The van der Waals surface area contributed by atoms with E-state index in [2.05, 4.69) is 18.9 Å². The molecule has 1 heterocycles. The van der Waals surface area contributed by atoms with Gasteiger partial charge in [-0.3, -0.25) is 4.79 Å². The molecule has 5 saturated carbocycles. The number of piperidine rings is 1. The van der Waals surface area contributed by atoms with E-state index in [1.54, 1.807) is 52.7 Å². The summed E-state index contributed by atoms with van der Waals surface area (Å²) in [4.78, 5) is 30.8. The minimum absolute atomic E-state index is 0.182. The molecule has 326 valence electrons. The number of rotatable bonds is 22. The first-order chi connectivity index (χ1) is 28.0. The molecule has 14 atom stereocenters. The summed E-state index contributed by atoms with van der Waals surface area (Å²) in [5.74, 6) is -2.39. The highest BCUT2D eigenvalue weighted by molar-refractivity contribution is 5.89. The molecule has 1 aliphatic heterocycles. The maximum absolute atomic E-state index is 14.4. The van der Waals surface area contributed by atoms with Gasteiger partial charge in [-0.2, -0.15) is 0 Å². The minimum atomic E-state index is -1.56. The molecule has 7 rings (SSSR count). The van der Waals surface area contributed by atoms with Gasteiger partial charge < -0.3 is 43.5 Å². The lowest BCUT2D eigenvalue weighted by atomic mass is 9.42. The van der Waals surface area contributed by atoms with Crippen molar-refractivity contribution < 1.29 is 48.2 Å². The van der Waals surface area contributed by atoms with Crippen LogP contribution in [0.2, 0.25) is 0 Å².